The number of sulfonamides is 1. The molecule has 1 atom stereocenters. The Morgan fingerprint density at radius 1 is 0.970 bits per heavy atom. The van der Waals surface area contributed by atoms with Crippen molar-refractivity contribution < 1.29 is 8.42 Å². The van der Waals surface area contributed by atoms with Crippen LogP contribution in [0.1, 0.15) is 33.9 Å². The van der Waals surface area contributed by atoms with Gasteiger partial charge in [0, 0.05) is 38.6 Å². The van der Waals surface area contributed by atoms with E-state index in [-0.39, 0.29) is 6.04 Å². The molecule has 3 aromatic rings. The van der Waals surface area contributed by atoms with E-state index in [1.165, 1.54) is 11.3 Å². The van der Waals surface area contributed by atoms with Gasteiger partial charge in [0.15, 0.2) is 0 Å². The van der Waals surface area contributed by atoms with Gasteiger partial charge < -0.3 is 9.80 Å². The summed E-state index contributed by atoms with van der Waals surface area (Å²) in [4.78, 5) is 4.78. The van der Waals surface area contributed by atoms with E-state index in [0.29, 0.717) is 11.4 Å². The first-order chi connectivity index (χ1) is 15.7. The molecule has 4 rings (SSSR count). The Bertz CT molecular complexity index is 1230. The number of fused-ring (bicyclic) bond motifs is 1. The van der Waals surface area contributed by atoms with Crippen LogP contribution in [0.3, 0.4) is 0 Å². The van der Waals surface area contributed by atoms with Crippen molar-refractivity contribution in [1.29, 1.82) is 0 Å². The second-order valence-corrected chi connectivity index (χ2v) is 10.9. The van der Waals surface area contributed by atoms with Gasteiger partial charge in [-0.1, -0.05) is 48.0 Å². The lowest BCUT2D eigenvalue weighted by Gasteiger charge is -2.31. The number of hydrogen-bond donors (Lipinski definition) is 1. The standard InChI is InChI=1S/C27H33N3O2S/c1-19-16-20(2)27(21(3)17-19)33(31,32)28-18-26(23-10-12-24(13-11-23)29(4)5)30-15-14-22-8-6-7-9-25(22)30/h6-13,16-17,26,28H,14-15,18H2,1-5H3/t26-/m1/s1. The van der Waals surface area contributed by atoms with Crippen molar-refractivity contribution in [2.24, 2.45) is 0 Å². The first-order valence-electron chi connectivity index (χ1n) is 11.4. The highest BCUT2D eigenvalue weighted by atomic mass is 32.2. The van der Waals surface area contributed by atoms with Crippen molar-refractivity contribution in [2.75, 3.05) is 37.0 Å². The number of nitrogens with one attached hydrogen (secondary N) is 1. The Morgan fingerprint density at radius 2 is 1.61 bits per heavy atom. The van der Waals surface area contributed by atoms with Crippen molar-refractivity contribution in [3.8, 4) is 0 Å². The molecule has 0 aliphatic carbocycles. The molecule has 1 N–H and O–H groups in total. The summed E-state index contributed by atoms with van der Waals surface area (Å²) in [5.74, 6) is 0. The molecule has 0 fully saturated rings. The third-order valence-corrected chi connectivity index (χ3v) is 8.16. The van der Waals surface area contributed by atoms with E-state index in [0.717, 1.165) is 40.9 Å². The summed E-state index contributed by atoms with van der Waals surface area (Å²) in [7, 11) is 0.380. The van der Waals surface area contributed by atoms with Crippen molar-refractivity contribution in [3.63, 3.8) is 0 Å². The fourth-order valence-electron chi connectivity index (χ4n) is 4.94. The Kier molecular flexibility index (Phi) is 6.50. The molecule has 1 aliphatic rings. The van der Waals surface area contributed by atoms with Crippen molar-refractivity contribution in [2.45, 2.75) is 38.1 Å². The molecular formula is C27H33N3O2S. The van der Waals surface area contributed by atoms with Crippen LogP contribution in [0.25, 0.3) is 0 Å². The maximum Gasteiger partial charge on any atom is 0.241 e. The summed E-state index contributed by atoms with van der Waals surface area (Å²) in [6.07, 6.45) is 0.964. The summed E-state index contributed by atoms with van der Waals surface area (Å²) >= 11 is 0. The molecular weight excluding hydrogens is 430 g/mol. The average Bonchev–Trinajstić information content (AvgIpc) is 3.17. The molecule has 0 aromatic heterocycles. The third kappa shape index (κ3) is 4.77. The number of benzene rings is 3. The quantitative estimate of drug-likeness (QED) is 0.549. The van der Waals surface area contributed by atoms with Crippen molar-refractivity contribution >= 4 is 21.4 Å². The number of aryl methyl sites for hydroxylation is 3. The van der Waals surface area contributed by atoms with Gasteiger partial charge in [-0.05, 0) is 67.6 Å². The lowest BCUT2D eigenvalue weighted by atomic mass is 10.0. The van der Waals surface area contributed by atoms with Crippen LogP contribution < -0.4 is 14.5 Å². The molecule has 0 spiro atoms. The Balaban J connectivity index is 1.67. The van der Waals surface area contributed by atoms with Gasteiger partial charge in [-0.15, -0.1) is 0 Å². The lowest BCUT2D eigenvalue weighted by Crippen LogP contribution is -2.38. The van der Waals surface area contributed by atoms with E-state index in [1.54, 1.807) is 0 Å². The number of para-hydroxylation sites is 1. The molecule has 0 radical (unpaired) electrons. The van der Waals surface area contributed by atoms with E-state index >= 15 is 0 Å². The van der Waals surface area contributed by atoms with Gasteiger partial charge in [-0.25, -0.2) is 13.1 Å². The van der Waals surface area contributed by atoms with Crippen molar-refractivity contribution in [3.05, 3.63) is 88.5 Å². The van der Waals surface area contributed by atoms with Gasteiger partial charge in [0.25, 0.3) is 0 Å². The minimum Gasteiger partial charge on any atom is -0.378 e. The second kappa shape index (κ2) is 9.20. The van der Waals surface area contributed by atoms with E-state index in [2.05, 4.69) is 57.0 Å². The average molecular weight is 464 g/mol. The zero-order valence-electron chi connectivity index (χ0n) is 20.1. The third-order valence-electron chi connectivity index (χ3n) is 6.43. The summed E-state index contributed by atoms with van der Waals surface area (Å²) in [6, 6.07) is 20.5. The van der Waals surface area contributed by atoms with Crippen LogP contribution in [-0.2, 0) is 16.4 Å². The maximum atomic E-state index is 13.4. The van der Waals surface area contributed by atoms with Crippen LogP contribution in [0, 0.1) is 20.8 Å². The first-order valence-corrected chi connectivity index (χ1v) is 12.8. The van der Waals surface area contributed by atoms with Crippen molar-refractivity contribution in [1.82, 2.24) is 4.72 Å². The predicted molar refractivity (Wildman–Crippen MR) is 137 cm³/mol. The minimum atomic E-state index is -3.65. The van der Waals surface area contributed by atoms with Crippen LogP contribution in [-0.4, -0.2) is 35.6 Å². The summed E-state index contributed by atoms with van der Waals surface area (Å²) < 4.78 is 29.7. The fraction of sp³-hybridized carbons (Fsp3) is 0.333. The molecule has 6 heteroatoms. The maximum absolute atomic E-state index is 13.4. The number of rotatable bonds is 7. The van der Waals surface area contributed by atoms with Gasteiger partial charge >= 0.3 is 0 Å². The Morgan fingerprint density at radius 3 is 2.24 bits per heavy atom. The molecule has 0 saturated carbocycles. The molecule has 5 nitrogen and oxygen atoms in total. The fourth-order valence-corrected chi connectivity index (χ4v) is 6.43. The van der Waals surface area contributed by atoms with Gasteiger partial charge in [0.05, 0.1) is 10.9 Å². The predicted octanol–water partition coefficient (Wildman–Crippen LogP) is 4.76. The highest BCUT2D eigenvalue weighted by molar-refractivity contribution is 7.89. The van der Waals surface area contributed by atoms with Crippen LogP contribution >= 0.6 is 0 Å². The van der Waals surface area contributed by atoms with Crippen LogP contribution in [0.15, 0.2) is 65.6 Å². The molecule has 0 bridgehead atoms. The highest BCUT2D eigenvalue weighted by Gasteiger charge is 2.29. The lowest BCUT2D eigenvalue weighted by molar-refractivity contribution is 0.562. The first kappa shape index (κ1) is 23.3. The number of anilines is 2. The summed E-state index contributed by atoms with van der Waals surface area (Å²) in [6.45, 7) is 6.88. The van der Waals surface area contributed by atoms with Gasteiger partial charge in [-0.2, -0.15) is 0 Å². The number of nitrogens with zero attached hydrogens (tertiary/aromatic N) is 2. The molecule has 1 aliphatic heterocycles. The van der Waals surface area contributed by atoms with Gasteiger partial charge in [0.1, 0.15) is 0 Å². The van der Waals surface area contributed by atoms with Crippen LogP contribution in [0.5, 0.6) is 0 Å². The highest BCUT2D eigenvalue weighted by Crippen LogP contribution is 2.35. The zero-order valence-corrected chi connectivity index (χ0v) is 20.9. The second-order valence-electron chi connectivity index (χ2n) is 9.15. The topological polar surface area (TPSA) is 52.7 Å². The van der Waals surface area contributed by atoms with E-state index in [4.69, 9.17) is 0 Å². The Hall–Kier alpha value is -2.83. The molecule has 0 unspecified atom stereocenters. The van der Waals surface area contributed by atoms with Crippen LogP contribution in [0.2, 0.25) is 0 Å². The largest absolute Gasteiger partial charge is 0.378 e. The Labute approximate surface area is 198 Å². The van der Waals surface area contributed by atoms with E-state index in [1.807, 2.05) is 53.1 Å². The molecule has 3 aromatic carbocycles. The smallest absolute Gasteiger partial charge is 0.241 e. The van der Waals surface area contributed by atoms with E-state index in [9.17, 15) is 8.42 Å². The SMILES string of the molecule is Cc1cc(C)c(S(=O)(=O)NC[C@H](c2ccc(N(C)C)cc2)N2CCc3ccccc32)c(C)c1. The molecule has 174 valence electrons. The van der Waals surface area contributed by atoms with Crippen LogP contribution in [0.4, 0.5) is 11.4 Å². The molecule has 0 saturated heterocycles. The van der Waals surface area contributed by atoms with E-state index < -0.39 is 10.0 Å². The molecule has 0 amide bonds. The van der Waals surface area contributed by atoms with Gasteiger partial charge in [0.2, 0.25) is 10.0 Å². The molecule has 33 heavy (non-hydrogen) atoms. The summed E-state index contributed by atoms with van der Waals surface area (Å²) in [5, 5.41) is 0. The monoisotopic (exact) mass is 463 g/mol. The van der Waals surface area contributed by atoms with Gasteiger partial charge in [-0.3, -0.25) is 0 Å². The molecule has 1 heterocycles. The number of hydrogen-bond acceptors (Lipinski definition) is 4. The minimum absolute atomic E-state index is 0.106. The zero-order chi connectivity index (χ0) is 23.8. The normalized spacial score (nSPS) is 14.3. The summed E-state index contributed by atoms with van der Waals surface area (Å²) in [5.41, 5.74) is 7.32.